The Labute approximate surface area is 161 Å². The van der Waals surface area contributed by atoms with Crippen molar-refractivity contribution in [3.63, 3.8) is 0 Å². The maximum atomic E-state index is 12.6. The highest BCUT2D eigenvalue weighted by Crippen LogP contribution is 2.32. The van der Waals surface area contributed by atoms with Crippen LogP contribution in [0.3, 0.4) is 0 Å². The predicted molar refractivity (Wildman–Crippen MR) is 107 cm³/mol. The summed E-state index contributed by atoms with van der Waals surface area (Å²) in [5, 5.41) is 1.11. The van der Waals surface area contributed by atoms with E-state index in [-0.39, 0.29) is 16.1 Å². The van der Waals surface area contributed by atoms with E-state index < -0.39 is 0 Å². The molecule has 2 amide bonds. The van der Waals surface area contributed by atoms with E-state index in [1.54, 1.807) is 25.3 Å². The Morgan fingerprint density at radius 1 is 1.23 bits per heavy atom. The minimum Gasteiger partial charge on any atom is -0.497 e. The standard InChI is InChI=1S/C19H16N2O3S2/c1-12-6-3-4-9-15(12)17(22)20-21-18(23)16(26-19(21)25)11-13-7-5-8-14(10-13)24-2/h3-11H,1-2H3,(H,20,22)/b16-11-. The van der Waals surface area contributed by atoms with Gasteiger partial charge in [-0.15, -0.1) is 0 Å². The number of nitrogens with one attached hydrogen (secondary N) is 1. The normalized spacial score (nSPS) is 15.5. The van der Waals surface area contributed by atoms with Crippen LogP contribution in [0.15, 0.2) is 53.4 Å². The number of carbonyl (C=O) groups excluding carboxylic acids is 2. The monoisotopic (exact) mass is 384 g/mol. The number of methoxy groups -OCH3 is 1. The molecule has 1 aliphatic rings. The van der Waals surface area contributed by atoms with Gasteiger partial charge in [-0.2, -0.15) is 5.01 Å². The molecule has 2 aromatic carbocycles. The zero-order chi connectivity index (χ0) is 18.7. The van der Waals surface area contributed by atoms with Crippen LogP contribution in [0.25, 0.3) is 6.08 Å². The van der Waals surface area contributed by atoms with Gasteiger partial charge in [-0.25, -0.2) is 0 Å². The van der Waals surface area contributed by atoms with Crippen molar-refractivity contribution in [2.75, 3.05) is 7.11 Å². The van der Waals surface area contributed by atoms with E-state index in [0.29, 0.717) is 16.2 Å². The minimum absolute atomic E-state index is 0.283. The molecule has 7 heteroatoms. The number of nitrogens with zero attached hydrogens (tertiary/aromatic N) is 1. The van der Waals surface area contributed by atoms with Crippen molar-refractivity contribution < 1.29 is 14.3 Å². The number of carbonyl (C=O) groups is 2. The van der Waals surface area contributed by atoms with E-state index in [1.165, 1.54) is 0 Å². The van der Waals surface area contributed by atoms with Gasteiger partial charge in [0.1, 0.15) is 5.75 Å². The molecule has 5 nitrogen and oxygen atoms in total. The molecule has 1 N–H and O–H groups in total. The summed E-state index contributed by atoms with van der Waals surface area (Å²) in [6, 6.07) is 14.5. The van der Waals surface area contributed by atoms with Crippen LogP contribution in [0.4, 0.5) is 0 Å². The van der Waals surface area contributed by atoms with Crippen LogP contribution >= 0.6 is 24.0 Å². The third-order valence-corrected chi connectivity index (χ3v) is 5.09. The molecule has 1 aliphatic heterocycles. The van der Waals surface area contributed by atoms with Gasteiger partial charge in [-0.1, -0.05) is 42.1 Å². The average Bonchev–Trinajstić information content (AvgIpc) is 2.89. The molecule has 0 radical (unpaired) electrons. The van der Waals surface area contributed by atoms with E-state index >= 15 is 0 Å². The Bertz CT molecular complexity index is 925. The average molecular weight is 384 g/mol. The van der Waals surface area contributed by atoms with Crippen molar-refractivity contribution in [1.29, 1.82) is 0 Å². The molecule has 0 unspecified atom stereocenters. The molecular weight excluding hydrogens is 368 g/mol. The third kappa shape index (κ3) is 3.79. The van der Waals surface area contributed by atoms with E-state index in [1.807, 2.05) is 43.3 Å². The molecule has 1 heterocycles. The van der Waals surface area contributed by atoms with Crippen molar-refractivity contribution in [1.82, 2.24) is 10.4 Å². The summed E-state index contributed by atoms with van der Waals surface area (Å²) in [7, 11) is 1.58. The number of thioether (sulfide) groups is 1. The maximum absolute atomic E-state index is 12.6. The lowest BCUT2D eigenvalue weighted by molar-refractivity contribution is -0.123. The van der Waals surface area contributed by atoms with E-state index in [9.17, 15) is 9.59 Å². The molecule has 1 fully saturated rings. The maximum Gasteiger partial charge on any atom is 0.285 e. The number of rotatable bonds is 4. The van der Waals surface area contributed by atoms with Gasteiger partial charge in [0.2, 0.25) is 0 Å². The smallest absolute Gasteiger partial charge is 0.285 e. The van der Waals surface area contributed by atoms with Crippen LogP contribution in [-0.2, 0) is 4.79 Å². The summed E-state index contributed by atoms with van der Waals surface area (Å²) in [5.74, 6) is -0.0335. The van der Waals surface area contributed by atoms with Crippen LogP contribution in [0.2, 0.25) is 0 Å². The van der Waals surface area contributed by atoms with Gasteiger partial charge < -0.3 is 4.74 Å². The lowest BCUT2D eigenvalue weighted by atomic mass is 10.1. The summed E-state index contributed by atoms with van der Waals surface area (Å²) in [6.45, 7) is 1.84. The number of ether oxygens (including phenoxy) is 1. The van der Waals surface area contributed by atoms with E-state index in [0.717, 1.165) is 27.9 Å². The Morgan fingerprint density at radius 3 is 2.73 bits per heavy atom. The van der Waals surface area contributed by atoms with Crippen LogP contribution in [0, 0.1) is 6.92 Å². The fourth-order valence-corrected chi connectivity index (χ4v) is 3.62. The topological polar surface area (TPSA) is 58.6 Å². The van der Waals surface area contributed by atoms with Gasteiger partial charge in [0.15, 0.2) is 4.32 Å². The fraction of sp³-hybridized carbons (Fsp3) is 0.105. The van der Waals surface area contributed by atoms with Gasteiger partial charge in [0.05, 0.1) is 12.0 Å². The van der Waals surface area contributed by atoms with Gasteiger partial charge in [0.25, 0.3) is 11.8 Å². The van der Waals surface area contributed by atoms with Crippen molar-refractivity contribution in [2.45, 2.75) is 6.92 Å². The number of thiocarbonyl (C=S) groups is 1. The highest BCUT2D eigenvalue weighted by molar-refractivity contribution is 8.26. The third-order valence-electron chi connectivity index (χ3n) is 3.79. The van der Waals surface area contributed by atoms with Gasteiger partial charge in [-0.3, -0.25) is 15.0 Å². The number of hydrogen-bond acceptors (Lipinski definition) is 5. The largest absolute Gasteiger partial charge is 0.497 e. The highest BCUT2D eigenvalue weighted by Gasteiger charge is 2.33. The number of aryl methyl sites for hydroxylation is 1. The summed E-state index contributed by atoms with van der Waals surface area (Å²) in [5.41, 5.74) is 4.73. The molecule has 1 saturated heterocycles. The SMILES string of the molecule is COc1cccc(/C=C2\SC(=S)N(NC(=O)c3ccccc3C)C2=O)c1. The second-order valence-electron chi connectivity index (χ2n) is 5.55. The van der Waals surface area contributed by atoms with Crippen LogP contribution in [0.1, 0.15) is 21.5 Å². The number of hydrazine groups is 1. The minimum atomic E-state index is -0.373. The first-order chi connectivity index (χ1) is 12.5. The molecule has 0 spiro atoms. The Morgan fingerprint density at radius 2 is 2.00 bits per heavy atom. The number of amides is 2. The van der Waals surface area contributed by atoms with Crippen molar-refractivity contribution in [2.24, 2.45) is 0 Å². The van der Waals surface area contributed by atoms with Gasteiger partial charge >= 0.3 is 0 Å². The molecule has 0 aliphatic carbocycles. The zero-order valence-electron chi connectivity index (χ0n) is 14.2. The van der Waals surface area contributed by atoms with Gasteiger partial charge in [-0.05, 0) is 54.5 Å². The number of benzene rings is 2. The quantitative estimate of drug-likeness (QED) is 0.645. The summed E-state index contributed by atoms with van der Waals surface area (Å²) >= 11 is 6.39. The van der Waals surface area contributed by atoms with E-state index in [4.69, 9.17) is 17.0 Å². The Hall–Kier alpha value is -2.64. The first kappa shape index (κ1) is 18.2. The summed E-state index contributed by atoms with van der Waals surface area (Å²) < 4.78 is 5.47. The molecule has 26 heavy (non-hydrogen) atoms. The Kier molecular flexibility index (Phi) is 5.39. The van der Waals surface area contributed by atoms with Crippen molar-refractivity contribution in [3.8, 4) is 5.75 Å². The van der Waals surface area contributed by atoms with Crippen molar-refractivity contribution >= 4 is 46.2 Å². The second kappa shape index (κ2) is 7.72. The summed E-state index contributed by atoms with van der Waals surface area (Å²) in [6.07, 6.45) is 1.72. The first-order valence-corrected chi connectivity index (χ1v) is 9.00. The lowest BCUT2D eigenvalue weighted by Crippen LogP contribution is -2.45. The molecule has 0 saturated carbocycles. The predicted octanol–water partition coefficient (Wildman–Crippen LogP) is 3.55. The van der Waals surface area contributed by atoms with Crippen LogP contribution in [-0.4, -0.2) is 28.3 Å². The molecule has 0 aromatic heterocycles. The molecular formula is C19H16N2O3S2. The fourth-order valence-electron chi connectivity index (χ4n) is 2.44. The van der Waals surface area contributed by atoms with Crippen LogP contribution < -0.4 is 10.2 Å². The first-order valence-electron chi connectivity index (χ1n) is 7.78. The Balaban J connectivity index is 1.79. The molecule has 2 aromatic rings. The number of hydrogen-bond donors (Lipinski definition) is 1. The molecule has 0 atom stereocenters. The molecule has 0 bridgehead atoms. The summed E-state index contributed by atoms with van der Waals surface area (Å²) in [4.78, 5) is 25.5. The molecule has 3 rings (SSSR count). The van der Waals surface area contributed by atoms with Crippen molar-refractivity contribution in [3.05, 3.63) is 70.1 Å². The lowest BCUT2D eigenvalue weighted by Gasteiger charge is -2.16. The highest BCUT2D eigenvalue weighted by atomic mass is 32.2. The molecule has 132 valence electrons. The van der Waals surface area contributed by atoms with E-state index in [2.05, 4.69) is 5.43 Å². The van der Waals surface area contributed by atoms with Crippen LogP contribution in [0.5, 0.6) is 5.75 Å². The second-order valence-corrected chi connectivity index (χ2v) is 7.23. The van der Waals surface area contributed by atoms with Gasteiger partial charge in [0, 0.05) is 5.56 Å². The zero-order valence-corrected chi connectivity index (χ0v) is 15.8.